The summed E-state index contributed by atoms with van der Waals surface area (Å²) in [6, 6.07) is 6.60. The zero-order valence-corrected chi connectivity index (χ0v) is 24.0. The number of hydrogen-bond donors (Lipinski definition) is 2. The molecule has 1 saturated heterocycles. The Labute approximate surface area is 244 Å². The molecule has 0 aromatic heterocycles. The van der Waals surface area contributed by atoms with E-state index >= 15 is 0 Å². The Morgan fingerprint density at radius 1 is 1.18 bits per heavy atom. The van der Waals surface area contributed by atoms with E-state index in [0.29, 0.717) is 47.2 Å². The number of benzene rings is 2. The first-order chi connectivity index (χ1) is 18.8. The number of carbonyl (C=O) groups is 1. The Morgan fingerprint density at radius 2 is 1.90 bits per heavy atom. The van der Waals surface area contributed by atoms with Gasteiger partial charge in [0, 0.05) is 31.7 Å². The number of piperidine rings is 1. The summed E-state index contributed by atoms with van der Waals surface area (Å²) in [6.07, 6.45) is -6.41. The number of alkyl halides is 5. The lowest BCUT2D eigenvalue weighted by atomic mass is 9.86. The highest BCUT2D eigenvalue weighted by Gasteiger charge is 2.42. The molecule has 2 heterocycles. The van der Waals surface area contributed by atoms with E-state index in [2.05, 4.69) is 15.6 Å². The van der Waals surface area contributed by atoms with Crippen LogP contribution in [0.25, 0.3) is 0 Å². The Kier molecular flexibility index (Phi) is 9.42. The molecule has 0 bridgehead atoms. The first kappa shape index (κ1) is 30.7. The van der Waals surface area contributed by atoms with E-state index in [1.165, 1.54) is 12.1 Å². The van der Waals surface area contributed by atoms with Gasteiger partial charge in [-0.05, 0) is 54.0 Å². The first-order valence-corrected chi connectivity index (χ1v) is 13.9. The van der Waals surface area contributed by atoms with Crippen LogP contribution in [0.5, 0.6) is 0 Å². The van der Waals surface area contributed by atoms with Crippen molar-refractivity contribution < 1.29 is 26.7 Å². The zero-order chi connectivity index (χ0) is 29.4. The molecule has 0 spiro atoms. The summed E-state index contributed by atoms with van der Waals surface area (Å²) in [4.78, 5) is 17.7. The maximum absolute atomic E-state index is 13.4. The Balaban J connectivity index is 1.65. The summed E-state index contributed by atoms with van der Waals surface area (Å²) in [6.45, 7) is 4.18. The van der Waals surface area contributed by atoms with Crippen LogP contribution >= 0.6 is 34.8 Å². The third kappa shape index (κ3) is 6.77. The maximum Gasteiger partial charge on any atom is 0.393 e. The minimum atomic E-state index is -4.26. The second kappa shape index (κ2) is 12.3. The number of amidine groups is 1. The van der Waals surface area contributed by atoms with E-state index in [0.717, 1.165) is 5.56 Å². The molecule has 218 valence electrons. The van der Waals surface area contributed by atoms with E-state index in [1.807, 2.05) is 19.9 Å². The summed E-state index contributed by atoms with van der Waals surface area (Å²) in [5.74, 6) is -2.22. The molecule has 40 heavy (non-hydrogen) atoms. The van der Waals surface area contributed by atoms with Gasteiger partial charge in [-0.1, -0.05) is 54.7 Å². The molecular formula is C27H28Cl3F5N4O. The van der Waals surface area contributed by atoms with Crippen LogP contribution in [0.3, 0.4) is 0 Å². The van der Waals surface area contributed by atoms with Crippen LogP contribution in [0.2, 0.25) is 15.1 Å². The molecule has 1 amide bonds. The van der Waals surface area contributed by atoms with Gasteiger partial charge in [-0.15, -0.1) is 0 Å². The molecular weight excluding hydrogens is 598 g/mol. The second-order valence-electron chi connectivity index (χ2n) is 10.3. The van der Waals surface area contributed by atoms with E-state index < -0.39 is 24.4 Å². The minimum Gasteiger partial charge on any atom is -0.370 e. The van der Waals surface area contributed by atoms with Crippen LogP contribution in [-0.2, 0) is 11.3 Å². The Morgan fingerprint density at radius 3 is 2.58 bits per heavy atom. The van der Waals surface area contributed by atoms with Gasteiger partial charge in [-0.2, -0.15) is 22.0 Å². The highest BCUT2D eigenvalue weighted by molar-refractivity contribution is 6.39. The number of nitrogens with zero attached hydrogens (tertiary/aromatic N) is 2. The van der Waals surface area contributed by atoms with Crippen LogP contribution in [0.1, 0.15) is 50.2 Å². The number of hydrogen-bond acceptors (Lipinski definition) is 3. The molecule has 3 atom stereocenters. The third-order valence-corrected chi connectivity index (χ3v) is 8.56. The van der Waals surface area contributed by atoms with Crippen molar-refractivity contribution in [3.05, 3.63) is 50.5 Å². The predicted molar refractivity (Wildman–Crippen MR) is 150 cm³/mol. The number of anilines is 2. The molecule has 5 nitrogen and oxygen atoms in total. The molecule has 13 heteroatoms. The number of nitrogens with one attached hydrogen (secondary N) is 2. The summed E-state index contributed by atoms with van der Waals surface area (Å²) >= 11 is 19.5. The molecule has 0 aliphatic carbocycles. The Hall–Kier alpha value is -2.30. The molecule has 2 aromatic rings. The molecule has 2 aliphatic rings. The monoisotopic (exact) mass is 624 g/mol. The van der Waals surface area contributed by atoms with Gasteiger partial charge in [0.15, 0.2) is 0 Å². The van der Waals surface area contributed by atoms with Crippen molar-refractivity contribution >= 4 is 63.6 Å². The lowest BCUT2D eigenvalue weighted by molar-refractivity contribution is -0.176. The maximum atomic E-state index is 13.4. The van der Waals surface area contributed by atoms with Gasteiger partial charge in [0.25, 0.3) is 5.91 Å². The summed E-state index contributed by atoms with van der Waals surface area (Å²) in [5.41, 5.74) is 2.71. The van der Waals surface area contributed by atoms with E-state index in [1.54, 1.807) is 11.0 Å². The highest BCUT2D eigenvalue weighted by Crippen LogP contribution is 2.44. The van der Waals surface area contributed by atoms with Gasteiger partial charge >= 0.3 is 12.6 Å². The smallest absolute Gasteiger partial charge is 0.370 e. The van der Waals surface area contributed by atoms with Crippen LogP contribution < -0.4 is 15.5 Å². The fourth-order valence-corrected chi connectivity index (χ4v) is 5.86. The normalized spacial score (nSPS) is 22.6. The standard InChI is InChI=1S/C27H28Cl3F5N4O/c1-13-8-22(38-24-18(28)6-5-15(23(24)30)11-36-26(40)25(31)32)37-20-10-19(29)21(9-17(20)14(13)2)39-7-3-4-16(12-39)27(33,34)35/h5-6,9-10,13-14,16,25H,3-4,7-8,11-12H2,1-2H3,(H,36,40)(H,37,38). The van der Waals surface area contributed by atoms with Crippen LogP contribution in [0.4, 0.5) is 39.0 Å². The minimum absolute atomic E-state index is 0.0104. The SMILES string of the molecule is CC1CC(=Nc2c(Cl)ccc(CNC(=O)C(F)F)c2Cl)Nc2cc(Cl)c(N3CCCC(C(F)(F)F)C3)cc2C1C. The van der Waals surface area contributed by atoms with Gasteiger partial charge < -0.3 is 15.5 Å². The molecule has 3 unspecified atom stereocenters. The van der Waals surface area contributed by atoms with Gasteiger partial charge in [0.1, 0.15) is 11.5 Å². The lowest BCUT2D eigenvalue weighted by Crippen LogP contribution is -2.41. The number of aliphatic imine (C=N–C) groups is 1. The summed E-state index contributed by atoms with van der Waals surface area (Å²) in [7, 11) is 0. The number of halogens is 8. The van der Waals surface area contributed by atoms with E-state index in [-0.39, 0.29) is 47.1 Å². The van der Waals surface area contributed by atoms with Gasteiger partial charge in [-0.3, -0.25) is 4.79 Å². The molecule has 2 N–H and O–H groups in total. The topological polar surface area (TPSA) is 56.7 Å². The van der Waals surface area contributed by atoms with Crippen molar-refractivity contribution in [1.29, 1.82) is 0 Å². The van der Waals surface area contributed by atoms with Crippen molar-refractivity contribution in [2.24, 2.45) is 16.8 Å². The largest absolute Gasteiger partial charge is 0.393 e. The second-order valence-corrected chi connectivity index (χ2v) is 11.5. The van der Waals surface area contributed by atoms with Crippen molar-refractivity contribution in [2.75, 3.05) is 23.3 Å². The molecule has 0 radical (unpaired) electrons. The lowest BCUT2D eigenvalue weighted by Gasteiger charge is -2.36. The molecule has 0 saturated carbocycles. The van der Waals surface area contributed by atoms with Crippen molar-refractivity contribution in [3.8, 4) is 0 Å². The van der Waals surface area contributed by atoms with E-state index in [9.17, 15) is 26.7 Å². The highest BCUT2D eigenvalue weighted by atomic mass is 35.5. The number of carbonyl (C=O) groups excluding carboxylic acids is 1. The van der Waals surface area contributed by atoms with E-state index in [4.69, 9.17) is 34.8 Å². The van der Waals surface area contributed by atoms with Crippen LogP contribution in [-0.4, -0.2) is 37.4 Å². The third-order valence-electron chi connectivity index (χ3n) is 7.53. The number of fused-ring (bicyclic) bond motifs is 1. The fraction of sp³-hybridized carbons (Fsp3) is 0.481. The average molecular weight is 626 g/mol. The first-order valence-electron chi connectivity index (χ1n) is 12.8. The quantitative estimate of drug-likeness (QED) is 0.327. The molecule has 4 rings (SSSR count). The van der Waals surface area contributed by atoms with Crippen molar-refractivity contribution in [1.82, 2.24) is 5.32 Å². The molecule has 2 aliphatic heterocycles. The van der Waals surface area contributed by atoms with Gasteiger partial charge in [-0.25, -0.2) is 4.99 Å². The number of rotatable bonds is 5. The van der Waals surface area contributed by atoms with Gasteiger partial charge in [0.05, 0.1) is 26.7 Å². The Bertz CT molecular complexity index is 1300. The molecule has 1 fully saturated rings. The van der Waals surface area contributed by atoms with Crippen LogP contribution in [0, 0.1) is 11.8 Å². The fourth-order valence-electron chi connectivity index (χ4n) is 5.05. The predicted octanol–water partition coefficient (Wildman–Crippen LogP) is 8.59. The van der Waals surface area contributed by atoms with Crippen molar-refractivity contribution in [3.63, 3.8) is 0 Å². The summed E-state index contributed by atoms with van der Waals surface area (Å²) < 4.78 is 65.5. The van der Waals surface area contributed by atoms with Gasteiger partial charge in [0.2, 0.25) is 0 Å². The molecule has 2 aromatic carbocycles. The van der Waals surface area contributed by atoms with Crippen molar-refractivity contribution in [2.45, 2.75) is 58.2 Å². The summed E-state index contributed by atoms with van der Waals surface area (Å²) in [5, 5.41) is 6.07. The van der Waals surface area contributed by atoms with Crippen LogP contribution in [0.15, 0.2) is 29.3 Å². The average Bonchev–Trinajstić information content (AvgIpc) is 3.00. The zero-order valence-electron chi connectivity index (χ0n) is 21.7. The number of amides is 1.